The summed E-state index contributed by atoms with van der Waals surface area (Å²) < 4.78 is 44.8. The number of carbonyl (C=O) groups is 1. The largest absolute Gasteiger partial charge is 0.480 e. The number of carboxylic acid groups (broad SMARTS) is 1. The van der Waals surface area contributed by atoms with Crippen molar-refractivity contribution in [3.63, 3.8) is 0 Å². The van der Waals surface area contributed by atoms with E-state index >= 15 is 0 Å². The molecule has 1 saturated heterocycles. The zero-order valence-electron chi connectivity index (χ0n) is 12.0. The van der Waals surface area contributed by atoms with Crippen LogP contribution in [0.5, 0.6) is 0 Å². The van der Waals surface area contributed by atoms with Gasteiger partial charge in [0.15, 0.2) is 0 Å². The molecule has 0 bridgehead atoms. The second-order valence-electron chi connectivity index (χ2n) is 6.01. The molecule has 2 aliphatic rings. The molecule has 1 saturated carbocycles. The Balaban J connectivity index is 1.76. The summed E-state index contributed by atoms with van der Waals surface area (Å²) in [5, 5.41) is 8.48. The molecule has 1 aliphatic heterocycles. The fourth-order valence-electron chi connectivity index (χ4n) is 2.79. The van der Waals surface area contributed by atoms with Crippen LogP contribution >= 0.6 is 0 Å². The predicted octanol–water partition coefficient (Wildman–Crippen LogP) is 1.02. The van der Waals surface area contributed by atoms with Crippen molar-refractivity contribution in [2.45, 2.75) is 37.8 Å². The van der Waals surface area contributed by atoms with Crippen LogP contribution in [0.4, 0.5) is 4.39 Å². The van der Waals surface area contributed by atoms with Crippen molar-refractivity contribution in [1.82, 2.24) is 4.31 Å². The number of ether oxygens (including phenoxy) is 1. The van der Waals surface area contributed by atoms with E-state index in [1.54, 1.807) is 0 Å². The number of rotatable bonds is 7. The molecule has 8 heteroatoms. The molecule has 1 heterocycles. The lowest BCUT2D eigenvalue weighted by Gasteiger charge is -2.37. The molecule has 0 spiro atoms. The van der Waals surface area contributed by atoms with E-state index in [4.69, 9.17) is 9.84 Å². The van der Waals surface area contributed by atoms with Gasteiger partial charge in [0.25, 0.3) is 0 Å². The van der Waals surface area contributed by atoms with E-state index in [9.17, 15) is 17.6 Å². The fourth-order valence-corrected chi connectivity index (χ4v) is 4.68. The van der Waals surface area contributed by atoms with Crippen LogP contribution in [0.1, 0.15) is 32.1 Å². The molecule has 21 heavy (non-hydrogen) atoms. The Morgan fingerprint density at radius 1 is 1.33 bits per heavy atom. The lowest BCUT2D eigenvalue weighted by atomic mass is 9.84. The zero-order chi connectivity index (χ0) is 15.5. The van der Waals surface area contributed by atoms with Crippen LogP contribution in [0.25, 0.3) is 0 Å². The molecule has 0 radical (unpaired) electrons. The first-order chi connectivity index (χ1) is 9.81. The van der Waals surface area contributed by atoms with Gasteiger partial charge in [-0.25, -0.2) is 21.9 Å². The Hall–Kier alpha value is -0.730. The minimum Gasteiger partial charge on any atom is -0.480 e. The van der Waals surface area contributed by atoms with Crippen molar-refractivity contribution in [3.05, 3.63) is 0 Å². The number of halogens is 1. The summed E-state index contributed by atoms with van der Waals surface area (Å²) in [6.07, 6.45) is 2.68. The number of nitrogens with zero attached hydrogens (tertiary/aromatic N) is 1. The van der Waals surface area contributed by atoms with Crippen LogP contribution in [-0.4, -0.2) is 61.5 Å². The third kappa shape index (κ3) is 4.62. The van der Waals surface area contributed by atoms with E-state index in [0.29, 0.717) is 45.4 Å². The Kier molecular flexibility index (Phi) is 5.21. The Bertz CT molecular complexity index is 469. The quantitative estimate of drug-likeness (QED) is 0.756. The van der Waals surface area contributed by atoms with Crippen LogP contribution in [0.3, 0.4) is 0 Å². The molecule has 0 atom stereocenters. The number of aliphatic carboxylic acids is 1. The van der Waals surface area contributed by atoms with Gasteiger partial charge >= 0.3 is 5.97 Å². The first-order valence-corrected chi connectivity index (χ1v) is 8.88. The average Bonchev–Trinajstić information content (AvgIpc) is 2.36. The minimum absolute atomic E-state index is 0.166. The van der Waals surface area contributed by atoms with E-state index in [0.717, 1.165) is 6.42 Å². The van der Waals surface area contributed by atoms with Crippen molar-refractivity contribution in [2.75, 3.05) is 32.1 Å². The van der Waals surface area contributed by atoms with Crippen molar-refractivity contribution in [2.24, 2.45) is 5.92 Å². The molecule has 0 amide bonds. The summed E-state index contributed by atoms with van der Waals surface area (Å²) in [6, 6.07) is 0. The molecule has 6 nitrogen and oxygen atoms in total. The first-order valence-electron chi connectivity index (χ1n) is 7.27. The fraction of sp³-hybridized carbons (Fsp3) is 0.923. The van der Waals surface area contributed by atoms with E-state index < -0.39 is 27.4 Å². The van der Waals surface area contributed by atoms with Gasteiger partial charge in [-0.2, -0.15) is 0 Å². The number of alkyl halides is 1. The molecule has 2 rings (SSSR count). The zero-order valence-corrected chi connectivity index (χ0v) is 12.8. The van der Waals surface area contributed by atoms with Gasteiger partial charge in [-0.3, -0.25) is 0 Å². The molecule has 122 valence electrons. The molecule has 0 unspecified atom stereocenters. The van der Waals surface area contributed by atoms with Gasteiger partial charge in [-0.1, -0.05) is 0 Å². The normalized spacial score (nSPS) is 23.7. The van der Waals surface area contributed by atoms with Crippen LogP contribution in [-0.2, 0) is 19.6 Å². The molecule has 0 aromatic carbocycles. The third-order valence-electron chi connectivity index (χ3n) is 4.24. The van der Waals surface area contributed by atoms with Crippen LogP contribution < -0.4 is 0 Å². The maximum absolute atomic E-state index is 14.0. The summed E-state index contributed by atoms with van der Waals surface area (Å²) in [6.45, 7) is 0.717. The highest BCUT2D eigenvalue weighted by molar-refractivity contribution is 7.89. The maximum Gasteiger partial charge on any atom is 0.329 e. The summed E-state index contributed by atoms with van der Waals surface area (Å²) in [5.74, 6) is -1.25. The predicted molar refractivity (Wildman–Crippen MR) is 74.2 cm³/mol. The van der Waals surface area contributed by atoms with Gasteiger partial charge in [0.05, 0.1) is 12.4 Å². The first kappa shape index (κ1) is 16.6. The molecule has 0 aromatic heterocycles. The van der Waals surface area contributed by atoms with E-state index in [1.807, 2.05) is 0 Å². The van der Waals surface area contributed by atoms with E-state index in [-0.39, 0.29) is 12.5 Å². The third-order valence-corrected chi connectivity index (χ3v) is 6.27. The SMILES string of the molecule is O=C(O)COCC1CCN(S(=O)(=O)CC2(F)CCC2)CC1. The van der Waals surface area contributed by atoms with Gasteiger partial charge in [-0.05, 0) is 38.0 Å². The van der Waals surface area contributed by atoms with Crippen LogP contribution in [0.15, 0.2) is 0 Å². The molecule has 0 aromatic rings. The monoisotopic (exact) mass is 323 g/mol. The number of hydrogen-bond donors (Lipinski definition) is 1. The van der Waals surface area contributed by atoms with Crippen LogP contribution in [0, 0.1) is 5.92 Å². The number of piperidine rings is 1. The van der Waals surface area contributed by atoms with Gasteiger partial charge in [0.1, 0.15) is 12.3 Å². The summed E-state index contributed by atoms with van der Waals surface area (Å²) in [5.41, 5.74) is -1.53. The molecule has 1 N–H and O–H groups in total. The highest BCUT2D eigenvalue weighted by atomic mass is 32.2. The lowest BCUT2D eigenvalue weighted by molar-refractivity contribution is -0.142. The van der Waals surface area contributed by atoms with E-state index in [1.165, 1.54) is 4.31 Å². The lowest BCUT2D eigenvalue weighted by Crippen LogP contribution is -2.47. The van der Waals surface area contributed by atoms with Crippen molar-refractivity contribution < 1.29 is 27.4 Å². The maximum atomic E-state index is 14.0. The molecular weight excluding hydrogens is 301 g/mol. The summed E-state index contributed by atoms with van der Waals surface area (Å²) in [4.78, 5) is 10.3. The standard InChI is InChI=1S/C13H22FNO5S/c14-13(4-1-5-13)10-21(18,19)15-6-2-11(3-7-15)8-20-9-12(16)17/h11H,1-10H2,(H,16,17). The van der Waals surface area contributed by atoms with Gasteiger partial charge < -0.3 is 9.84 Å². The van der Waals surface area contributed by atoms with Gasteiger partial charge in [-0.15, -0.1) is 0 Å². The Morgan fingerprint density at radius 3 is 2.43 bits per heavy atom. The van der Waals surface area contributed by atoms with Gasteiger partial charge in [0, 0.05) is 13.1 Å². The van der Waals surface area contributed by atoms with E-state index in [2.05, 4.69) is 0 Å². The second kappa shape index (κ2) is 6.58. The molecular formula is C13H22FNO5S. The second-order valence-corrected chi connectivity index (χ2v) is 7.98. The minimum atomic E-state index is -3.54. The van der Waals surface area contributed by atoms with Crippen molar-refractivity contribution in [3.8, 4) is 0 Å². The van der Waals surface area contributed by atoms with Gasteiger partial charge in [0.2, 0.25) is 10.0 Å². The molecule has 2 fully saturated rings. The number of sulfonamides is 1. The Morgan fingerprint density at radius 2 is 1.95 bits per heavy atom. The summed E-state index contributed by atoms with van der Waals surface area (Å²) in [7, 11) is -3.54. The summed E-state index contributed by atoms with van der Waals surface area (Å²) >= 11 is 0. The number of hydrogen-bond acceptors (Lipinski definition) is 4. The number of carboxylic acids is 1. The highest BCUT2D eigenvalue weighted by Gasteiger charge is 2.43. The van der Waals surface area contributed by atoms with Crippen molar-refractivity contribution >= 4 is 16.0 Å². The van der Waals surface area contributed by atoms with Crippen LogP contribution in [0.2, 0.25) is 0 Å². The molecule has 1 aliphatic carbocycles. The highest BCUT2D eigenvalue weighted by Crippen LogP contribution is 2.37. The average molecular weight is 323 g/mol. The van der Waals surface area contributed by atoms with Crippen molar-refractivity contribution in [1.29, 1.82) is 0 Å². The Labute approximate surface area is 124 Å². The smallest absolute Gasteiger partial charge is 0.329 e. The topological polar surface area (TPSA) is 83.9 Å².